The van der Waals surface area contributed by atoms with Crippen molar-refractivity contribution in [3.63, 3.8) is 0 Å². The number of hydrogen-bond acceptors (Lipinski definition) is 3. The molecule has 0 spiro atoms. The van der Waals surface area contributed by atoms with Crippen molar-refractivity contribution in [1.82, 2.24) is 9.88 Å². The van der Waals surface area contributed by atoms with E-state index in [0.29, 0.717) is 11.0 Å². The molecule has 2 heterocycles. The Morgan fingerprint density at radius 2 is 2.00 bits per heavy atom. The summed E-state index contributed by atoms with van der Waals surface area (Å²) in [6.45, 7) is 3.95. The minimum Gasteiger partial charge on any atom is -0.368 e. The van der Waals surface area contributed by atoms with Crippen LogP contribution in [0.5, 0.6) is 0 Å². The first kappa shape index (κ1) is 15.2. The summed E-state index contributed by atoms with van der Waals surface area (Å²) in [4.78, 5) is 14.7. The number of hydrogen-bond donors (Lipinski definition) is 1. The van der Waals surface area contributed by atoms with Crippen LogP contribution in [0, 0.1) is 5.82 Å². The van der Waals surface area contributed by atoms with Gasteiger partial charge in [0.15, 0.2) is 0 Å². The monoisotopic (exact) mass is 365 g/mol. The van der Waals surface area contributed by atoms with Crippen LogP contribution in [0.2, 0.25) is 0 Å². The van der Waals surface area contributed by atoms with E-state index >= 15 is 0 Å². The fraction of sp³-hybridized carbons (Fsp3) is 0.312. The summed E-state index contributed by atoms with van der Waals surface area (Å²) >= 11 is 3.42. The zero-order valence-electron chi connectivity index (χ0n) is 12.1. The van der Waals surface area contributed by atoms with Gasteiger partial charge in [0.05, 0.1) is 12.2 Å². The average Bonchev–Trinajstić information content (AvgIpc) is 2.53. The fourth-order valence-corrected chi connectivity index (χ4v) is 3.25. The lowest BCUT2D eigenvalue weighted by Crippen LogP contribution is -2.44. The Morgan fingerprint density at radius 1 is 1.23 bits per heavy atom. The molecule has 6 heteroatoms. The number of piperazine rings is 1. The summed E-state index contributed by atoms with van der Waals surface area (Å²) < 4.78 is 15.4. The Labute approximate surface area is 136 Å². The molecule has 1 aliphatic heterocycles. The van der Waals surface area contributed by atoms with Gasteiger partial charge in [-0.05, 0) is 39.7 Å². The summed E-state index contributed by atoms with van der Waals surface area (Å²) in [6, 6.07) is 8.25. The molecule has 0 unspecified atom stereocenters. The highest BCUT2D eigenvalue weighted by molar-refractivity contribution is 9.10. The van der Waals surface area contributed by atoms with Gasteiger partial charge in [0.25, 0.3) is 5.56 Å². The Bertz CT molecular complexity index is 726. The molecule has 0 radical (unpaired) electrons. The van der Waals surface area contributed by atoms with E-state index in [9.17, 15) is 9.18 Å². The third-order valence-electron chi connectivity index (χ3n) is 3.79. The number of pyridine rings is 1. The van der Waals surface area contributed by atoms with Crippen LogP contribution in [-0.4, -0.2) is 30.7 Å². The van der Waals surface area contributed by atoms with E-state index in [1.165, 1.54) is 12.1 Å². The third kappa shape index (κ3) is 3.23. The van der Waals surface area contributed by atoms with Gasteiger partial charge in [0.2, 0.25) is 0 Å². The number of rotatable bonds is 3. The van der Waals surface area contributed by atoms with Crippen LogP contribution in [0.15, 0.2) is 45.8 Å². The minimum atomic E-state index is -0.290. The SMILES string of the molecule is O=c1c(Br)c(N2CCNCC2)ccn1Cc1cccc(F)c1. The molecule has 0 saturated carbocycles. The van der Waals surface area contributed by atoms with Crippen LogP contribution in [0.4, 0.5) is 10.1 Å². The van der Waals surface area contributed by atoms with E-state index in [0.717, 1.165) is 37.4 Å². The van der Waals surface area contributed by atoms with Gasteiger partial charge in [-0.25, -0.2) is 4.39 Å². The molecule has 0 aliphatic carbocycles. The molecule has 1 aliphatic rings. The molecule has 2 aromatic rings. The molecular weight excluding hydrogens is 349 g/mol. The van der Waals surface area contributed by atoms with Crippen LogP contribution in [-0.2, 0) is 6.54 Å². The first-order valence-electron chi connectivity index (χ1n) is 7.24. The molecule has 1 N–H and O–H groups in total. The van der Waals surface area contributed by atoms with Crippen LogP contribution in [0.1, 0.15) is 5.56 Å². The molecule has 22 heavy (non-hydrogen) atoms. The van der Waals surface area contributed by atoms with E-state index in [-0.39, 0.29) is 11.4 Å². The zero-order valence-corrected chi connectivity index (χ0v) is 13.6. The van der Waals surface area contributed by atoms with Crippen LogP contribution >= 0.6 is 15.9 Å². The maximum atomic E-state index is 13.2. The van der Waals surface area contributed by atoms with Gasteiger partial charge in [0, 0.05) is 32.4 Å². The Kier molecular flexibility index (Phi) is 4.59. The maximum Gasteiger partial charge on any atom is 0.267 e. The van der Waals surface area contributed by atoms with E-state index in [4.69, 9.17) is 0 Å². The van der Waals surface area contributed by atoms with Gasteiger partial charge in [-0.3, -0.25) is 4.79 Å². The summed E-state index contributed by atoms with van der Waals surface area (Å²) in [6.07, 6.45) is 1.77. The number of nitrogens with zero attached hydrogens (tertiary/aromatic N) is 2. The summed E-state index contributed by atoms with van der Waals surface area (Å²) in [5.41, 5.74) is 1.59. The number of halogens is 2. The van der Waals surface area contributed by atoms with Crippen molar-refractivity contribution in [3.8, 4) is 0 Å². The molecule has 1 fully saturated rings. The molecule has 0 atom stereocenters. The van der Waals surface area contributed by atoms with Crippen molar-refractivity contribution in [3.05, 3.63) is 62.7 Å². The first-order valence-corrected chi connectivity index (χ1v) is 8.03. The van der Waals surface area contributed by atoms with Gasteiger partial charge in [-0.1, -0.05) is 12.1 Å². The predicted octanol–water partition coefficient (Wildman–Crippen LogP) is 2.21. The van der Waals surface area contributed by atoms with Crippen molar-refractivity contribution in [2.45, 2.75) is 6.54 Å². The molecule has 3 rings (SSSR count). The fourth-order valence-electron chi connectivity index (χ4n) is 2.64. The van der Waals surface area contributed by atoms with Crippen molar-refractivity contribution in [1.29, 1.82) is 0 Å². The molecule has 116 valence electrons. The topological polar surface area (TPSA) is 37.3 Å². The van der Waals surface area contributed by atoms with Crippen molar-refractivity contribution in [2.75, 3.05) is 31.1 Å². The van der Waals surface area contributed by atoms with Gasteiger partial charge >= 0.3 is 0 Å². The average molecular weight is 366 g/mol. The molecule has 4 nitrogen and oxygen atoms in total. The Hall–Kier alpha value is -1.66. The van der Waals surface area contributed by atoms with Gasteiger partial charge in [0.1, 0.15) is 10.3 Å². The first-order chi connectivity index (χ1) is 10.6. The Morgan fingerprint density at radius 3 is 2.73 bits per heavy atom. The maximum absolute atomic E-state index is 13.2. The molecular formula is C16H17BrFN3O. The summed E-state index contributed by atoms with van der Waals surface area (Å²) in [5, 5.41) is 3.29. The van der Waals surface area contributed by atoms with Gasteiger partial charge in [-0.2, -0.15) is 0 Å². The lowest BCUT2D eigenvalue weighted by Gasteiger charge is -2.30. The largest absolute Gasteiger partial charge is 0.368 e. The second kappa shape index (κ2) is 6.62. The van der Waals surface area contributed by atoms with Gasteiger partial charge in [-0.15, -0.1) is 0 Å². The lowest BCUT2D eigenvalue weighted by atomic mass is 10.2. The standard InChI is InChI=1S/C16H17BrFN3O/c17-15-14(20-8-5-19-6-9-20)4-7-21(16(15)22)11-12-2-1-3-13(18)10-12/h1-4,7,10,19H,5-6,8-9,11H2. The molecule has 1 aromatic heterocycles. The van der Waals surface area contributed by atoms with Crippen molar-refractivity contribution in [2.24, 2.45) is 0 Å². The smallest absolute Gasteiger partial charge is 0.267 e. The van der Waals surface area contributed by atoms with Crippen LogP contribution < -0.4 is 15.8 Å². The second-order valence-corrected chi connectivity index (χ2v) is 6.11. The summed E-state index contributed by atoms with van der Waals surface area (Å²) in [5.74, 6) is -0.290. The second-order valence-electron chi connectivity index (χ2n) is 5.31. The van der Waals surface area contributed by atoms with E-state index in [2.05, 4.69) is 26.1 Å². The quantitative estimate of drug-likeness (QED) is 0.905. The number of benzene rings is 1. The molecule has 1 aromatic carbocycles. The number of aromatic nitrogens is 1. The normalized spacial score (nSPS) is 15.1. The zero-order chi connectivity index (χ0) is 15.5. The predicted molar refractivity (Wildman–Crippen MR) is 89.0 cm³/mol. The highest BCUT2D eigenvalue weighted by Gasteiger charge is 2.16. The van der Waals surface area contributed by atoms with Crippen LogP contribution in [0.25, 0.3) is 0 Å². The minimum absolute atomic E-state index is 0.0970. The highest BCUT2D eigenvalue weighted by atomic mass is 79.9. The molecule has 0 amide bonds. The van der Waals surface area contributed by atoms with Crippen molar-refractivity contribution >= 4 is 21.6 Å². The molecule has 1 saturated heterocycles. The summed E-state index contributed by atoms with van der Waals surface area (Å²) in [7, 11) is 0. The van der Waals surface area contributed by atoms with Crippen LogP contribution in [0.3, 0.4) is 0 Å². The lowest BCUT2D eigenvalue weighted by molar-refractivity contribution is 0.587. The van der Waals surface area contributed by atoms with E-state index in [1.54, 1.807) is 16.8 Å². The highest BCUT2D eigenvalue weighted by Crippen LogP contribution is 2.23. The van der Waals surface area contributed by atoms with Gasteiger partial charge < -0.3 is 14.8 Å². The van der Waals surface area contributed by atoms with E-state index < -0.39 is 0 Å². The number of anilines is 1. The Balaban J connectivity index is 1.88. The van der Waals surface area contributed by atoms with E-state index in [1.807, 2.05) is 12.1 Å². The number of nitrogens with one attached hydrogen (secondary N) is 1. The molecule has 0 bridgehead atoms. The third-order valence-corrected chi connectivity index (χ3v) is 4.53. The van der Waals surface area contributed by atoms with Crippen molar-refractivity contribution < 1.29 is 4.39 Å².